The Kier molecular flexibility index (Phi) is 3.77. The highest BCUT2D eigenvalue weighted by atomic mass is 79.9. The minimum atomic E-state index is 0.0619. The summed E-state index contributed by atoms with van der Waals surface area (Å²) in [4.78, 5) is 0. The molecule has 18 heavy (non-hydrogen) atoms. The number of aryl methyl sites for hydroxylation is 1. The molecule has 0 bridgehead atoms. The van der Waals surface area contributed by atoms with Crippen LogP contribution >= 0.6 is 27.5 Å². The molecule has 0 atom stereocenters. The van der Waals surface area contributed by atoms with Gasteiger partial charge in [0.2, 0.25) is 0 Å². The fraction of sp³-hybridized carbons (Fsp3) is 0.429. The van der Waals surface area contributed by atoms with Crippen LogP contribution in [0, 0.1) is 6.92 Å². The van der Waals surface area contributed by atoms with Crippen LogP contribution in [0.15, 0.2) is 21.0 Å². The first kappa shape index (κ1) is 13.9. The van der Waals surface area contributed by atoms with Gasteiger partial charge in [0.05, 0.1) is 11.6 Å². The van der Waals surface area contributed by atoms with Crippen molar-refractivity contribution < 1.29 is 4.42 Å². The molecular weight excluding hydrogens is 314 g/mol. The summed E-state index contributed by atoms with van der Waals surface area (Å²) in [5.74, 6) is 0.939. The van der Waals surface area contributed by atoms with E-state index in [9.17, 15) is 0 Å². The van der Waals surface area contributed by atoms with Gasteiger partial charge in [-0.2, -0.15) is 0 Å². The number of rotatable bonds is 2. The third-order valence-corrected chi connectivity index (χ3v) is 3.82. The Bertz CT molecular complexity index is 583. The van der Waals surface area contributed by atoms with Crippen molar-refractivity contribution in [1.82, 2.24) is 5.32 Å². The average Bonchev–Trinajstić information content (AvgIpc) is 2.59. The Morgan fingerprint density at radius 2 is 2.00 bits per heavy atom. The Morgan fingerprint density at radius 1 is 1.33 bits per heavy atom. The Labute approximate surface area is 121 Å². The van der Waals surface area contributed by atoms with Gasteiger partial charge >= 0.3 is 0 Å². The fourth-order valence-electron chi connectivity index (χ4n) is 1.84. The van der Waals surface area contributed by atoms with Gasteiger partial charge in [0.15, 0.2) is 5.58 Å². The molecule has 0 unspecified atom stereocenters. The van der Waals surface area contributed by atoms with Gasteiger partial charge < -0.3 is 9.73 Å². The zero-order chi connectivity index (χ0) is 13.5. The van der Waals surface area contributed by atoms with E-state index >= 15 is 0 Å². The molecule has 1 heterocycles. The lowest BCUT2D eigenvalue weighted by molar-refractivity contribution is 0.394. The molecular formula is C14H17BrClNO. The maximum Gasteiger partial charge on any atom is 0.154 e. The van der Waals surface area contributed by atoms with Crippen molar-refractivity contribution in [2.75, 3.05) is 0 Å². The number of furan rings is 1. The minimum Gasteiger partial charge on any atom is -0.458 e. The highest BCUT2D eigenvalue weighted by Crippen LogP contribution is 2.36. The topological polar surface area (TPSA) is 25.2 Å². The quantitative estimate of drug-likeness (QED) is 0.834. The summed E-state index contributed by atoms with van der Waals surface area (Å²) in [6.45, 7) is 9.16. The van der Waals surface area contributed by atoms with Crippen LogP contribution in [0.2, 0.25) is 5.02 Å². The lowest BCUT2D eigenvalue weighted by atomic mass is 10.1. The van der Waals surface area contributed by atoms with Crippen molar-refractivity contribution >= 4 is 38.5 Å². The zero-order valence-corrected chi connectivity index (χ0v) is 13.4. The van der Waals surface area contributed by atoms with Crippen LogP contribution < -0.4 is 5.32 Å². The standard InChI is InChI=1S/C14H17BrClNO/c1-8-11(7-17-14(2,3)4)18-13-10(16)6-5-9(15)12(8)13/h5-6,17H,7H2,1-4H3. The number of benzene rings is 1. The van der Waals surface area contributed by atoms with Gasteiger partial charge in [-0.3, -0.25) is 0 Å². The molecule has 0 aliphatic carbocycles. The molecule has 4 heteroatoms. The van der Waals surface area contributed by atoms with Crippen LogP contribution in [0.25, 0.3) is 11.0 Å². The molecule has 0 saturated carbocycles. The molecule has 0 radical (unpaired) electrons. The Morgan fingerprint density at radius 3 is 2.56 bits per heavy atom. The van der Waals surface area contributed by atoms with Crippen LogP contribution in [0.4, 0.5) is 0 Å². The van der Waals surface area contributed by atoms with Crippen molar-refractivity contribution in [3.05, 3.63) is 33.0 Å². The Balaban J connectivity index is 2.45. The van der Waals surface area contributed by atoms with Crippen LogP contribution in [0.5, 0.6) is 0 Å². The van der Waals surface area contributed by atoms with Gasteiger partial charge in [-0.15, -0.1) is 0 Å². The number of fused-ring (bicyclic) bond motifs is 1. The summed E-state index contributed by atoms with van der Waals surface area (Å²) in [5.41, 5.74) is 1.96. The van der Waals surface area contributed by atoms with Crippen LogP contribution in [-0.2, 0) is 6.54 Å². The summed E-state index contributed by atoms with van der Waals surface area (Å²) in [6, 6.07) is 3.80. The molecule has 0 fully saturated rings. The van der Waals surface area contributed by atoms with E-state index in [4.69, 9.17) is 16.0 Å². The molecule has 1 aromatic carbocycles. The molecule has 0 saturated heterocycles. The van der Waals surface area contributed by atoms with E-state index < -0.39 is 0 Å². The fourth-order valence-corrected chi connectivity index (χ4v) is 2.64. The predicted octanol–water partition coefficient (Wildman–Crippen LogP) is 5.05. The van der Waals surface area contributed by atoms with Crippen molar-refractivity contribution in [2.45, 2.75) is 39.8 Å². The normalized spacial score (nSPS) is 12.3. The molecule has 0 aliphatic rings. The van der Waals surface area contributed by atoms with Crippen molar-refractivity contribution in [3.8, 4) is 0 Å². The summed E-state index contributed by atoms with van der Waals surface area (Å²) in [7, 11) is 0. The summed E-state index contributed by atoms with van der Waals surface area (Å²) >= 11 is 9.72. The minimum absolute atomic E-state index is 0.0619. The molecule has 2 rings (SSSR count). The second-order valence-corrected chi connectivity index (χ2v) is 6.75. The third-order valence-electron chi connectivity index (χ3n) is 2.86. The van der Waals surface area contributed by atoms with Gasteiger partial charge in [0, 0.05) is 21.0 Å². The van der Waals surface area contributed by atoms with Crippen LogP contribution in [-0.4, -0.2) is 5.54 Å². The summed E-state index contributed by atoms with van der Waals surface area (Å²) in [6.07, 6.45) is 0. The molecule has 98 valence electrons. The Hall–Kier alpha value is -0.510. The number of hydrogen-bond acceptors (Lipinski definition) is 2. The first-order valence-electron chi connectivity index (χ1n) is 5.90. The van der Waals surface area contributed by atoms with E-state index in [0.717, 1.165) is 26.8 Å². The van der Waals surface area contributed by atoms with Gasteiger partial charge in [-0.05, 0) is 39.8 Å². The lowest BCUT2D eigenvalue weighted by Crippen LogP contribution is -2.35. The zero-order valence-electron chi connectivity index (χ0n) is 11.0. The van der Waals surface area contributed by atoms with E-state index in [1.54, 1.807) is 0 Å². The molecule has 1 N–H and O–H groups in total. The summed E-state index contributed by atoms with van der Waals surface area (Å²) < 4.78 is 6.90. The van der Waals surface area contributed by atoms with Crippen molar-refractivity contribution in [1.29, 1.82) is 0 Å². The SMILES string of the molecule is Cc1c(CNC(C)(C)C)oc2c(Cl)ccc(Br)c12. The molecule has 1 aromatic heterocycles. The van der Waals surface area contributed by atoms with Crippen LogP contribution in [0.3, 0.4) is 0 Å². The van der Waals surface area contributed by atoms with E-state index in [-0.39, 0.29) is 5.54 Å². The van der Waals surface area contributed by atoms with Crippen LogP contribution in [0.1, 0.15) is 32.1 Å². The second kappa shape index (κ2) is 4.87. The van der Waals surface area contributed by atoms with E-state index in [1.165, 1.54) is 0 Å². The number of hydrogen-bond donors (Lipinski definition) is 1. The first-order chi connectivity index (χ1) is 8.29. The maximum absolute atomic E-state index is 6.17. The highest BCUT2D eigenvalue weighted by Gasteiger charge is 2.17. The molecule has 0 aliphatic heterocycles. The highest BCUT2D eigenvalue weighted by molar-refractivity contribution is 9.10. The maximum atomic E-state index is 6.17. The lowest BCUT2D eigenvalue weighted by Gasteiger charge is -2.19. The van der Waals surface area contributed by atoms with Gasteiger partial charge in [0.25, 0.3) is 0 Å². The van der Waals surface area contributed by atoms with E-state index in [1.807, 2.05) is 12.1 Å². The monoisotopic (exact) mass is 329 g/mol. The van der Waals surface area contributed by atoms with Crippen molar-refractivity contribution in [2.24, 2.45) is 0 Å². The smallest absolute Gasteiger partial charge is 0.154 e. The molecule has 0 amide bonds. The van der Waals surface area contributed by atoms with E-state index in [0.29, 0.717) is 11.6 Å². The number of halogens is 2. The van der Waals surface area contributed by atoms with E-state index in [2.05, 4.69) is 48.9 Å². The molecule has 2 aromatic rings. The van der Waals surface area contributed by atoms with Crippen molar-refractivity contribution in [3.63, 3.8) is 0 Å². The molecule has 0 spiro atoms. The van der Waals surface area contributed by atoms with Gasteiger partial charge in [-0.1, -0.05) is 27.5 Å². The molecule has 2 nitrogen and oxygen atoms in total. The van der Waals surface area contributed by atoms with Gasteiger partial charge in [-0.25, -0.2) is 0 Å². The first-order valence-corrected chi connectivity index (χ1v) is 7.07. The largest absolute Gasteiger partial charge is 0.458 e. The number of nitrogens with one attached hydrogen (secondary N) is 1. The van der Waals surface area contributed by atoms with Gasteiger partial charge in [0.1, 0.15) is 5.76 Å². The predicted molar refractivity (Wildman–Crippen MR) is 80.3 cm³/mol. The average molecular weight is 331 g/mol. The second-order valence-electron chi connectivity index (χ2n) is 5.49. The summed E-state index contributed by atoms with van der Waals surface area (Å²) in [5, 5.41) is 5.14. The third kappa shape index (κ3) is 2.73.